The zero-order valence-corrected chi connectivity index (χ0v) is 17.0. The molecule has 5 rings (SSSR count). The zero-order chi connectivity index (χ0) is 19.8. The average Bonchev–Trinajstić information content (AvgIpc) is 3.39. The fraction of sp³-hybridized carbons (Fsp3) is 0.227. The standard InChI is InChI=1S/C22H21N5OS/c1-25-14-18(17-8-5-9-23-20(17)25)21-24-19(15-29-21)22(28)27-12-10-26(11-13-27)16-6-3-2-4-7-16/h2-9,14-15H,10-13H2,1H3. The first-order chi connectivity index (χ1) is 14.2. The zero-order valence-electron chi connectivity index (χ0n) is 16.2. The van der Waals surface area contributed by atoms with Gasteiger partial charge in [0.05, 0.1) is 0 Å². The molecule has 0 saturated carbocycles. The van der Waals surface area contributed by atoms with E-state index in [1.54, 1.807) is 6.20 Å². The molecule has 0 atom stereocenters. The van der Waals surface area contributed by atoms with Crippen LogP contribution >= 0.6 is 11.3 Å². The summed E-state index contributed by atoms with van der Waals surface area (Å²) < 4.78 is 2.00. The molecule has 0 bridgehead atoms. The quantitative estimate of drug-likeness (QED) is 0.524. The normalized spacial score (nSPS) is 14.5. The van der Waals surface area contributed by atoms with Crippen molar-refractivity contribution in [1.82, 2.24) is 19.4 Å². The first-order valence-corrected chi connectivity index (χ1v) is 10.5. The van der Waals surface area contributed by atoms with E-state index in [0.717, 1.165) is 34.7 Å². The molecule has 0 unspecified atom stereocenters. The van der Waals surface area contributed by atoms with E-state index in [2.05, 4.69) is 27.0 Å². The molecular formula is C22H21N5OS. The van der Waals surface area contributed by atoms with E-state index in [1.165, 1.54) is 17.0 Å². The van der Waals surface area contributed by atoms with Crippen molar-refractivity contribution >= 4 is 34.0 Å². The third-order valence-corrected chi connectivity index (χ3v) is 6.25. The maximum Gasteiger partial charge on any atom is 0.273 e. The molecule has 3 aromatic heterocycles. The van der Waals surface area contributed by atoms with E-state index in [9.17, 15) is 4.79 Å². The van der Waals surface area contributed by atoms with Crippen molar-refractivity contribution in [3.05, 3.63) is 65.9 Å². The molecule has 1 aliphatic rings. The first-order valence-electron chi connectivity index (χ1n) is 9.66. The molecule has 1 aliphatic heterocycles. The van der Waals surface area contributed by atoms with E-state index in [4.69, 9.17) is 0 Å². The van der Waals surface area contributed by atoms with Crippen molar-refractivity contribution in [2.45, 2.75) is 0 Å². The Labute approximate surface area is 173 Å². The van der Waals surface area contributed by atoms with Gasteiger partial charge in [0, 0.05) is 67.6 Å². The van der Waals surface area contributed by atoms with Crippen molar-refractivity contribution in [2.75, 3.05) is 31.1 Å². The number of benzene rings is 1. The van der Waals surface area contributed by atoms with Crippen LogP contribution in [0.15, 0.2) is 60.2 Å². The summed E-state index contributed by atoms with van der Waals surface area (Å²) in [4.78, 5) is 26.3. The summed E-state index contributed by atoms with van der Waals surface area (Å²) in [6.45, 7) is 3.08. The summed E-state index contributed by atoms with van der Waals surface area (Å²) >= 11 is 1.51. The average molecular weight is 404 g/mol. The van der Waals surface area contributed by atoms with Gasteiger partial charge >= 0.3 is 0 Å². The maximum atomic E-state index is 13.0. The molecule has 0 spiro atoms. The van der Waals surface area contributed by atoms with Crippen LogP contribution in [0, 0.1) is 0 Å². The van der Waals surface area contributed by atoms with Crippen LogP contribution in [0.3, 0.4) is 0 Å². The Morgan fingerprint density at radius 1 is 1.03 bits per heavy atom. The van der Waals surface area contributed by atoms with Crippen LogP contribution in [-0.2, 0) is 7.05 Å². The number of nitrogens with zero attached hydrogens (tertiary/aromatic N) is 5. The second kappa shape index (κ2) is 7.33. The first kappa shape index (κ1) is 17.9. The summed E-state index contributed by atoms with van der Waals surface area (Å²) in [6, 6.07) is 14.3. The molecule has 1 aromatic carbocycles. The van der Waals surface area contributed by atoms with E-state index < -0.39 is 0 Å². The SMILES string of the molecule is Cn1cc(-c2nc(C(=O)N3CCN(c4ccccc4)CC3)cs2)c2cccnc21. The Balaban J connectivity index is 1.33. The van der Waals surface area contributed by atoms with E-state index in [-0.39, 0.29) is 5.91 Å². The Hall–Kier alpha value is -3.19. The van der Waals surface area contributed by atoms with Crippen molar-refractivity contribution in [1.29, 1.82) is 0 Å². The highest BCUT2D eigenvalue weighted by molar-refractivity contribution is 7.13. The van der Waals surface area contributed by atoms with Crippen molar-refractivity contribution in [3.63, 3.8) is 0 Å². The Morgan fingerprint density at radius 2 is 1.83 bits per heavy atom. The predicted octanol–water partition coefficient (Wildman–Crippen LogP) is 3.66. The lowest BCUT2D eigenvalue weighted by Gasteiger charge is -2.35. The van der Waals surface area contributed by atoms with Crippen LogP contribution in [-0.4, -0.2) is 51.5 Å². The number of hydrogen-bond acceptors (Lipinski definition) is 5. The molecule has 6 nitrogen and oxygen atoms in total. The lowest BCUT2D eigenvalue weighted by atomic mass is 10.2. The van der Waals surface area contributed by atoms with Crippen LogP contribution in [0.1, 0.15) is 10.5 Å². The molecule has 1 saturated heterocycles. The third kappa shape index (κ3) is 3.27. The van der Waals surface area contributed by atoms with Crippen LogP contribution in [0.25, 0.3) is 21.6 Å². The van der Waals surface area contributed by atoms with Gasteiger partial charge in [-0.05, 0) is 24.3 Å². The highest BCUT2D eigenvalue weighted by atomic mass is 32.1. The van der Waals surface area contributed by atoms with Gasteiger partial charge in [0.25, 0.3) is 5.91 Å². The fourth-order valence-corrected chi connectivity index (χ4v) is 4.66. The van der Waals surface area contributed by atoms with Gasteiger partial charge < -0.3 is 14.4 Å². The number of thiazole rings is 1. The molecular weight excluding hydrogens is 382 g/mol. The number of rotatable bonds is 3. The summed E-state index contributed by atoms with van der Waals surface area (Å²) in [7, 11) is 1.98. The van der Waals surface area contributed by atoms with Crippen LogP contribution < -0.4 is 4.90 Å². The van der Waals surface area contributed by atoms with Crippen molar-refractivity contribution in [2.24, 2.45) is 7.05 Å². The Bertz CT molecular complexity index is 1160. The van der Waals surface area contributed by atoms with Gasteiger partial charge in [-0.25, -0.2) is 9.97 Å². The number of amides is 1. The minimum absolute atomic E-state index is 0.0126. The van der Waals surface area contributed by atoms with Gasteiger partial charge in [0.1, 0.15) is 16.3 Å². The summed E-state index contributed by atoms with van der Waals surface area (Å²) in [5, 5.41) is 3.78. The number of carbonyl (C=O) groups excluding carboxylic acids is 1. The van der Waals surface area contributed by atoms with E-state index in [0.29, 0.717) is 18.8 Å². The molecule has 1 fully saturated rings. The summed E-state index contributed by atoms with van der Waals surface area (Å²) in [6.07, 6.45) is 3.82. The molecule has 29 heavy (non-hydrogen) atoms. The van der Waals surface area contributed by atoms with Crippen molar-refractivity contribution in [3.8, 4) is 10.6 Å². The van der Waals surface area contributed by atoms with Gasteiger partial charge in [-0.3, -0.25) is 4.79 Å². The highest BCUT2D eigenvalue weighted by Gasteiger charge is 2.24. The molecule has 146 valence electrons. The minimum Gasteiger partial charge on any atom is -0.368 e. The number of aryl methyl sites for hydroxylation is 1. The van der Waals surface area contributed by atoms with Gasteiger partial charge in [-0.15, -0.1) is 11.3 Å². The number of carbonyl (C=O) groups is 1. The van der Waals surface area contributed by atoms with Crippen LogP contribution in [0.2, 0.25) is 0 Å². The smallest absolute Gasteiger partial charge is 0.273 e. The number of anilines is 1. The second-order valence-corrected chi connectivity index (χ2v) is 8.04. The third-order valence-electron chi connectivity index (χ3n) is 5.38. The summed E-state index contributed by atoms with van der Waals surface area (Å²) in [5.74, 6) is 0.0126. The number of aromatic nitrogens is 3. The lowest BCUT2D eigenvalue weighted by Crippen LogP contribution is -2.48. The summed E-state index contributed by atoms with van der Waals surface area (Å²) in [5.41, 5.74) is 3.68. The molecule has 4 heterocycles. The molecule has 0 radical (unpaired) electrons. The van der Waals surface area contributed by atoms with Gasteiger partial charge in [0.2, 0.25) is 0 Å². The highest BCUT2D eigenvalue weighted by Crippen LogP contribution is 2.31. The van der Waals surface area contributed by atoms with E-state index >= 15 is 0 Å². The lowest BCUT2D eigenvalue weighted by molar-refractivity contribution is 0.0742. The number of para-hydroxylation sites is 1. The van der Waals surface area contributed by atoms with Gasteiger partial charge in [-0.1, -0.05) is 18.2 Å². The molecule has 0 aliphatic carbocycles. The maximum absolute atomic E-state index is 13.0. The van der Waals surface area contributed by atoms with Gasteiger partial charge in [0.15, 0.2) is 0 Å². The van der Waals surface area contributed by atoms with E-state index in [1.807, 2.05) is 58.4 Å². The second-order valence-electron chi connectivity index (χ2n) is 7.18. The molecule has 1 amide bonds. The van der Waals surface area contributed by atoms with Crippen molar-refractivity contribution < 1.29 is 4.79 Å². The molecule has 0 N–H and O–H groups in total. The van der Waals surface area contributed by atoms with Gasteiger partial charge in [-0.2, -0.15) is 0 Å². The topological polar surface area (TPSA) is 54.3 Å². The minimum atomic E-state index is 0.0126. The molecule has 4 aromatic rings. The van der Waals surface area contributed by atoms with Crippen LogP contribution in [0.5, 0.6) is 0 Å². The molecule has 7 heteroatoms. The fourth-order valence-electron chi connectivity index (χ4n) is 3.85. The Morgan fingerprint density at radius 3 is 2.62 bits per heavy atom. The number of pyridine rings is 1. The largest absolute Gasteiger partial charge is 0.368 e. The number of fused-ring (bicyclic) bond motifs is 1. The number of hydrogen-bond donors (Lipinski definition) is 0. The Kier molecular flexibility index (Phi) is 4.52. The monoisotopic (exact) mass is 403 g/mol. The predicted molar refractivity (Wildman–Crippen MR) is 116 cm³/mol. The number of piperazine rings is 1. The van der Waals surface area contributed by atoms with Crippen LogP contribution in [0.4, 0.5) is 5.69 Å².